The molecule has 1 saturated heterocycles. The summed E-state index contributed by atoms with van der Waals surface area (Å²) < 4.78 is 5.13. The molecule has 2 aromatic carbocycles. The molecule has 2 amide bonds. The Morgan fingerprint density at radius 3 is 2.43 bits per heavy atom. The highest BCUT2D eigenvalue weighted by atomic mass is 16.5. The Morgan fingerprint density at radius 2 is 1.75 bits per heavy atom. The van der Waals surface area contributed by atoms with Gasteiger partial charge in [-0.15, -0.1) is 0 Å². The lowest BCUT2D eigenvalue weighted by Crippen LogP contribution is -2.38. The van der Waals surface area contributed by atoms with Gasteiger partial charge in [-0.3, -0.25) is 9.59 Å². The highest BCUT2D eigenvalue weighted by Crippen LogP contribution is 2.22. The molecular formula is C23H26N2O3. The van der Waals surface area contributed by atoms with Gasteiger partial charge >= 0.3 is 0 Å². The van der Waals surface area contributed by atoms with Crippen LogP contribution in [0.4, 0.5) is 5.69 Å². The van der Waals surface area contributed by atoms with Crippen molar-refractivity contribution in [1.82, 2.24) is 4.90 Å². The molecule has 1 N–H and O–H groups in total. The van der Waals surface area contributed by atoms with Crippen LogP contribution >= 0.6 is 0 Å². The zero-order valence-electron chi connectivity index (χ0n) is 16.4. The Balaban J connectivity index is 1.67. The van der Waals surface area contributed by atoms with Crippen LogP contribution in [-0.2, 0) is 4.79 Å². The van der Waals surface area contributed by atoms with E-state index in [0.717, 1.165) is 37.2 Å². The molecular weight excluding hydrogens is 352 g/mol. The third-order valence-electron chi connectivity index (χ3n) is 5.03. The summed E-state index contributed by atoms with van der Waals surface area (Å²) in [5.74, 6) is 1.12. The largest absolute Gasteiger partial charge is 0.497 e. The number of carbonyl (C=O) groups is 2. The number of nitrogens with zero attached hydrogens (tertiary/aromatic N) is 1. The van der Waals surface area contributed by atoms with Crippen molar-refractivity contribution < 1.29 is 14.3 Å². The fraction of sp³-hybridized carbons (Fsp3) is 0.304. The quantitative estimate of drug-likeness (QED) is 0.793. The van der Waals surface area contributed by atoms with Gasteiger partial charge in [0.05, 0.1) is 18.4 Å². The van der Waals surface area contributed by atoms with Gasteiger partial charge in [0.2, 0.25) is 5.91 Å². The van der Waals surface area contributed by atoms with Crippen molar-refractivity contribution in [1.29, 1.82) is 0 Å². The summed E-state index contributed by atoms with van der Waals surface area (Å²) in [4.78, 5) is 27.1. The molecule has 0 aromatic heterocycles. The molecule has 146 valence electrons. The number of carbonyl (C=O) groups excluding carboxylic acids is 2. The number of methoxy groups -OCH3 is 1. The average Bonchev–Trinajstić information content (AvgIpc) is 2.73. The highest BCUT2D eigenvalue weighted by Gasteiger charge is 2.23. The molecule has 1 aliphatic rings. The SMILES string of the molecule is COc1ccc(C=CC(=O)Nc2ccccc2C(=O)N2CCC(C)CC2)cc1. The standard InChI is InChI=1S/C23H26N2O3/c1-17-13-15-25(16-14-17)23(27)20-5-3-4-6-21(20)24-22(26)12-9-18-7-10-19(28-2)11-8-18/h3-12,17H,13-16H2,1-2H3,(H,24,26). The fourth-order valence-electron chi connectivity index (χ4n) is 3.22. The number of anilines is 1. The van der Waals surface area contributed by atoms with Crippen molar-refractivity contribution in [2.45, 2.75) is 19.8 Å². The van der Waals surface area contributed by atoms with Crippen molar-refractivity contribution in [2.24, 2.45) is 5.92 Å². The Hall–Kier alpha value is -3.08. The summed E-state index contributed by atoms with van der Waals surface area (Å²) in [6, 6.07) is 14.6. The first-order valence-corrected chi connectivity index (χ1v) is 9.58. The first-order valence-electron chi connectivity index (χ1n) is 9.58. The number of nitrogens with one attached hydrogen (secondary N) is 1. The Labute approximate surface area is 166 Å². The van der Waals surface area contributed by atoms with Crippen LogP contribution in [0.3, 0.4) is 0 Å². The smallest absolute Gasteiger partial charge is 0.255 e. The van der Waals surface area contributed by atoms with Crippen LogP contribution in [0, 0.1) is 5.92 Å². The molecule has 0 bridgehead atoms. The van der Waals surface area contributed by atoms with Crippen LogP contribution in [0.2, 0.25) is 0 Å². The summed E-state index contributed by atoms with van der Waals surface area (Å²) in [5, 5.41) is 2.83. The summed E-state index contributed by atoms with van der Waals surface area (Å²) in [6.07, 6.45) is 5.23. The van der Waals surface area contributed by atoms with Gasteiger partial charge in [0, 0.05) is 19.2 Å². The molecule has 1 fully saturated rings. The zero-order valence-corrected chi connectivity index (χ0v) is 16.4. The van der Waals surface area contributed by atoms with E-state index in [0.29, 0.717) is 17.2 Å². The van der Waals surface area contributed by atoms with Gasteiger partial charge in [-0.05, 0) is 54.7 Å². The van der Waals surface area contributed by atoms with Crippen LogP contribution in [0.1, 0.15) is 35.7 Å². The lowest BCUT2D eigenvalue weighted by Gasteiger charge is -2.30. The monoisotopic (exact) mass is 378 g/mol. The minimum Gasteiger partial charge on any atom is -0.497 e. The third-order valence-corrected chi connectivity index (χ3v) is 5.03. The van der Waals surface area contributed by atoms with Gasteiger partial charge in [-0.1, -0.05) is 31.2 Å². The van der Waals surface area contributed by atoms with E-state index in [1.807, 2.05) is 41.3 Å². The normalized spacial score (nSPS) is 14.9. The van der Waals surface area contributed by atoms with Gasteiger partial charge in [-0.25, -0.2) is 0 Å². The van der Waals surface area contributed by atoms with Crippen LogP contribution in [0.15, 0.2) is 54.6 Å². The van der Waals surface area contributed by atoms with Gasteiger partial charge in [0.1, 0.15) is 5.75 Å². The van der Waals surface area contributed by atoms with Crippen molar-refractivity contribution in [3.05, 3.63) is 65.7 Å². The summed E-state index contributed by atoms with van der Waals surface area (Å²) in [7, 11) is 1.61. The molecule has 3 rings (SSSR count). The molecule has 5 nitrogen and oxygen atoms in total. The number of likely N-dealkylation sites (tertiary alicyclic amines) is 1. The maximum absolute atomic E-state index is 12.9. The molecule has 0 radical (unpaired) electrons. The number of ether oxygens (including phenoxy) is 1. The number of piperidine rings is 1. The number of hydrogen-bond acceptors (Lipinski definition) is 3. The predicted octanol–water partition coefficient (Wildman–Crippen LogP) is 4.22. The molecule has 0 aliphatic carbocycles. The van der Waals surface area contributed by atoms with Crippen molar-refractivity contribution in [2.75, 3.05) is 25.5 Å². The minimum atomic E-state index is -0.275. The van der Waals surface area contributed by atoms with Gasteiger partial charge < -0.3 is 15.0 Å². The molecule has 2 aromatic rings. The van der Waals surface area contributed by atoms with Crippen molar-refractivity contribution in [3.63, 3.8) is 0 Å². The first kappa shape index (κ1) is 19.7. The zero-order chi connectivity index (χ0) is 19.9. The number of benzene rings is 2. The maximum atomic E-state index is 12.9. The van der Waals surface area contributed by atoms with Gasteiger partial charge in [-0.2, -0.15) is 0 Å². The maximum Gasteiger partial charge on any atom is 0.255 e. The highest BCUT2D eigenvalue weighted by molar-refractivity contribution is 6.07. The first-order chi connectivity index (χ1) is 13.6. The van der Waals surface area contributed by atoms with Crippen molar-refractivity contribution in [3.8, 4) is 5.75 Å². The Kier molecular flexibility index (Phi) is 6.48. The van der Waals surface area contributed by atoms with E-state index in [1.54, 1.807) is 25.3 Å². The van der Waals surface area contributed by atoms with E-state index in [2.05, 4.69) is 12.2 Å². The minimum absolute atomic E-state index is 0.0260. The van der Waals surface area contributed by atoms with Crippen LogP contribution < -0.4 is 10.1 Å². The summed E-state index contributed by atoms with van der Waals surface area (Å²) in [5.41, 5.74) is 1.96. The van der Waals surface area contributed by atoms with E-state index in [9.17, 15) is 9.59 Å². The topological polar surface area (TPSA) is 58.6 Å². The molecule has 0 unspecified atom stereocenters. The van der Waals surface area contributed by atoms with E-state index in [1.165, 1.54) is 6.08 Å². The van der Waals surface area contributed by atoms with E-state index in [-0.39, 0.29) is 11.8 Å². The summed E-state index contributed by atoms with van der Waals surface area (Å²) in [6.45, 7) is 3.74. The molecule has 1 heterocycles. The number of para-hydroxylation sites is 1. The van der Waals surface area contributed by atoms with Crippen LogP contribution in [0.25, 0.3) is 6.08 Å². The summed E-state index contributed by atoms with van der Waals surface area (Å²) >= 11 is 0. The number of amides is 2. The number of rotatable bonds is 5. The second-order valence-corrected chi connectivity index (χ2v) is 7.12. The third kappa shape index (κ3) is 5.00. The van der Waals surface area contributed by atoms with Crippen molar-refractivity contribution >= 4 is 23.6 Å². The predicted molar refractivity (Wildman–Crippen MR) is 111 cm³/mol. The van der Waals surface area contributed by atoms with Crippen LogP contribution in [0.5, 0.6) is 5.75 Å². The van der Waals surface area contributed by atoms with Gasteiger partial charge in [0.25, 0.3) is 5.91 Å². The fourth-order valence-corrected chi connectivity index (χ4v) is 3.22. The lowest BCUT2D eigenvalue weighted by molar-refractivity contribution is -0.111. The van der Waals surface area contributed by atoms with Gasteiger partial charge in [0.15, 0.2) is 0 Å². The lowest BCUT2D eigenvalue weighted by atomic mass is 9.98. The Morgan fingerprint density at radius 1 is 1.07 bits per heavy atom. The molecule has 0 spiro atoms. The second kappa shape index (κ2) is 9.22. The van der Waals surface area contributed by atoms with Crippen LogP contribution in [-0.4, -0.2) is 36.9 Å². The molecule has 5 heteroatoms. The second-order valence-electron chi connectivity index (χ2n) is 7.12. The average molecular weight is 378 g/mol. The molecule has 0 atom stereocenters. The molecule has 1 aliphatic heterocycles. The molecule has 28 heavy (non-hydrogen) atoms. The molecule has 0 saturated carbocycles. The van der Waals surface area contributed by atoms with E-state index in [4.69, 9.17) is 4.74 Å². The Bertz CT molecular complexity index is 850. The number of hydrogen-bond donors (Lipinski definition) is 1. The van der Waals surface area contributed by atoms with E-state index < -0.39 is 0 Å². The van der Waals surface area contributed by atoms with E-state index >= 15 is 0 Å².